The van der Waals surface area contributed by atoms with Crippen molar-refractivity contribution in [3.63, 3.8) is 0 Å². The van der Waals surface area contributed by atoms with Crippen molar-refractivity contribution in [1.82, 2.24) is 4.90 Å². The Bertz CT molecular complexity index is 387. The SMILES string of the molecule is O=C([O-])c1ccc(OC(F)N2CCCC2)cc1. The Morgan fingerprint density at radius 2 is 1.88 bits per heavy atom. The van der Waals surface area contributed by atoms with E-state index >= 15 is 0 Å². The topological polar surface area (TPSA) is 52.6 Å². The van der Waals surface area contributed by atoms with Crippen LogP contribution in [0.25, 0.3) is 0 Å². The molecule has 1 fully saturated rings. The molecular formula is C12H13FNO3-. The molecule has 0 bridgehead atoms. The molecular weight excluding hydrogens is 225 g/mol. The second-order valence-electron chi connectivity index (χ2n) is 3.96. The maximum atomic E-state index is 13.6. The van der Waals surface area contributed by atoms with Gasteiger partial charge in [-0.15, -0.1) is 0 Å². The van der Waals surface area contributed by atoms with E-state index in [2.05, 4.69) is 0 Å². The highest BCUT2D eigenvalue weighted by Gasteiger charge is 2.22. The molecule has 0 saturated carbocycles. The van der Waals surface area contributed by atoms with Gasteiger partial charge in [-0.2, -0.15) is 4.39 Å². The highest BCUT2D eigenvalue weighted by molar-refractivity contribution is 5.85. The molecule has 5 heteroatoms. The highest BCUT2D eigenvalue weighted by atomic mass is 19.1. The van der Waals surface area contributed by atoms with E-state index in [0.29, 0.717) is 18.8 Å². The number of aromatic carboxylic acids is 1. The molecule has 1 aromatic rings. The van der Waals surface area contributed by atoms with Gasteiger partial charge in [0.15, 0.2) is 0 Å². The van der Waals surface area contributed by atoms with Gasteiger partial charge in [0.2, 0.25) is 0 Å². The Balaban J connectivity index is 1.96. The molecule has 1 saturated heterocycles. The van der Waals surface area contributed by atoms with Crippen LogP contribution in [0.2, 0.25) is 0 Å². The van der Waals surface area contributed by atoms with Crippen LogP contribution in [0.3, 0.4) is 0 Å². The molecule has 4 nitrogen and oxygen atoms in total. The molecule has 1 atom stereocenters. The lowest BCUT2D eigenvalue weighted by atomic mass is 10.2. The van der Waals surface area contributed by atoms with Crippen LogP contribution in [0.5, 0.6) is 5.75 Å². The van der Waals surface area contributed by atoms with Crippen LogP contribution >= 0.6 is 0 Å². The van der Waals surface area contributed by atoms with Crippen LogP contribution in [-0.2, 0) is 0 Å². The minimum atomic E-state index is -1.47. The minimum absolute atomic E-state index is 0.0499. The van der Waals surface area contributed by atoms with Crippen molar-refractivity contribution >= 4 is 5.97 Å². The predicted molar refractivity (Wildman–Crippen MR) is 57.1 cm³/mol. The summed E-state index contributed by atoms with van der Waals surface area (Å²) < 4.78 is 18.7. The van der Waals surface area contributed by atoms with Gasteiger partial charge < -0.3 is 14.6 Å². The van der Waals surface area contributed by atoms with Crippen LogP contribution in [0.1, 0.15) is 23.2 Å². The number of alkyl halides is 1. The summed E-state index contributed by atoms with van der Waals surface area (Å²) in [6.45, 7) is -0.0809. The summed E-state index contributed by atoms with van der Waals surface area (Å²) in [5, 5.41) is 10.5. The lowest BCUT2D eigenvalue weighted by molar-refractivity contribution is -0.255. The van der Waals surface area contributed by atoms with Crippen molar-refractivity contribution in [1.29, 1.82) is 0 Å². The third-order valence-electron chi connectivity index (χ3n) is 2.75. The number of halogens is 1. The van der Waals surface area contributed by atoms with Crippen molar-refractivity contribution < 1.29 is 19.0 Å². The van der Waals surface area contributed by atoms with Crippen molar-refractivity contribution in [2.75, 3.05) is 13.1 Å². The first-order valence-electron chi connectivity index (χ1n) is 5.53. The number of rotatable bonds is 4. The van der Waals surface area contributed by atoms with Crippen molar-refractivity contribution in [3.05, 3.63) is 29.8 Å². The monoisotopic (exact) mass is 238 g/mol. The quantitative estimate of drug-likeness (QED) is 0.727. The average molecular weight is 238 g/mol. The molecule has 0 aliphatic carbocycles. The van der Waals surface area contributed by atoms with Crippen molar-refractivity contribution in [2.45, 2.75) is 19.3 Å². The molecule has 0 spiro atoms. The van der Waals surface area contributed by atoms with Crippen LogP contribution in [-0.4, -0.2) is 30.4 Å². The fraction of sp³-hybridized carbons (Fsp3) is 0.417. The summed E-state index contributed by atoms with van der Waals surface area (Å²) in [5.41, 5.74) is 0.0499. The van der Waals surface area contributed by atoms with Gasteiger partial charge in [-0.1, -0.05) is 0 Å². The number of likely N-dealkylation sites (tertiary alicyclic amines) is 1. The lowest BCUT2D eigenvalue weighted by Crippen LogP contribution is -2.33. The van der Waals surface area contributed by atoms with Gasteiger partial charge in [0, 0.05) is 13.1 Å². The number of hydrogen-bond donors (Lipinski definition) is 0. The predicted octanol–water partition coefficient (Wildman–Crippen LogP) is 0.778. The first-order valence-corrected chi connectivity index (χ1v) is 5.53. The molecule has 1 aromatic carbocycles. The van der Waals surface area contributed by atoms with Crippen LogP contribution in [0.15, 0.2) is 24.3 Å². The average Bonchev–Trinajstić information content (AvgIpc) is 2.83. The Labute approximate surface area is 98.6 Å². The molecule has 17 heavy (non-hydrogen) atoms. The molecule has 0 N–H and O–H groups in total. The molecule has 1 heterocycles. The normalized spacial score (nSPS) is 17.9. The van der Waals surface area contributed by atoms with E-state index in [4.69, 9.17) is 4.74 Å². The minimum Gasteiger partial charge on any atom is -0.545 e. The van der Waals surface area contributed by atoms with Crippen LogP contribution in [0.4, 0.5) is 4.39 Å². The molecule has 1 aliphatic rings. The first kappa shape index (κ1) is 11.9. The fourth-order valence-corrected chi connectivity index (χ4v) is 1.80. The largest absolute Gasteiger partial charge is 0.545 e. The van der Waals surface area contributed by atoms with E-state index in [9.17, 15) is 14.3 Å². The molecule has 0 radical (unpaired) electrons. The zero-order valence-electron chi connectivity index (χ0n) is 9.27. The van der Waals surface area contributed by atoms with Crippen molar-refractivity contribution in [2.24, 2.45) is 0 Å². The zero-order chi connectivity index (χ0) is 12.3. The maximum absolute atomic E-state index is 13.6. The van der Waals surface area contributed by atoms with Crippen molar-refractivity contribution in [3.8, 4) is 5.75 Å². The number of ether oxygens (including phenoxy) is 1. The van der Waals surface area contributed by atoms with E-state index in [1.807, 2.05) is 0 Å². The molecule has 0 aromatic heterocycles. The smallest absolute Gasteiger partial charge is 0.299 e. The fourth-order valence-electron chi connectivity index (χ4n) is 1.80. The van der Waals surface area contributed by atoms with Gasteiger partial charge in [0.05, 0.1) is 5.97 Å². The third kappa shape index (κ3) is 2.94. The van der Waals surface area contributed by atoms with E-state index in [1.54, 1.807) is 4.90 Å². The number of carboxylic acids is 1. The van der Waals surface area contributed by atoms with Gasteiger partial charge in [-0.25, -0.2) is 4.90 Å². The summed E-state index contributed by atoms with van der Waals surface area (Å²) in [7, 11) is 0. The Hall–Kier alpha value is -1.62. The molecule has 1 aliphatic heterocycles. The number of hydrogen-bond acceptors (Lipinski definition) is 4. The first-order chi connectivity index (χ1) is 8.16. The number of benzene rings is 1. The summed E-state index contributed by atoms with van der Waals surface area (Å²) in [6, 6.07) is 5.52. The number of carbonyl (C=O) groups is 1. The summed E-state index contributed by atoms with van der Waals surface area (Å²) in [6.07, 6.45) is 1.96. The molecule has 2 rings (SSSR count). The maximum Gasteiger partial charge on any atom is 0.299 e. The summed E-state index contributed by atoms with van der Waals surface area (Å²) >= 11 is 0. The number of nitrogens with zero attached hydrogens (tertiary/aromatic N) is 1. The van der Waals surface area contributed by atoms with E-state index in [-0.39, 0.29) is 5.56 Å². The van der Waals surface area contributed by atoms with Crippen LogP contribution < -0.4 is 9.84 Å². The highest BCUT2D eigenvalue weighted by Crippen LogP contribution is 2.18. The second kappa shape index (κ2) is 5.14. The molecule has 0 amide bonds. The Morgan fingerprint density at radius 1 is 1.29 bits per heavy atom. The zero-order valence-corrected chi connectivity index (χ0v) is 9.27. The van der Waals surface area contributed by atoms with E-state index in [0.717, 1.165) is 12.8 Å². The van der Waals surface area contributed by atoms with Gasteiger partial charge in [0.1, 0.15) is 5.75 Å². The van der Waals surface area contributed by atoms with Crippen LogP contribution in [0, 0.1) is 0 Å². The van der Waals surface area contributed by atoms with Gasteiger partial charge >= 0.3 is 0 Å². The number of carbonyl (C=O) groups excluding carboxylic acids is 1. The molecule has 92 valence electrons. The summed E-state index contributed by atoms with van der Waals surface area (Å²) in [5.74, 6) is -0.942. The van der Waals surface area contributed by atoms with Gasteiger partial charge in [0.25, 0.3) is 6.48 Å². The lowest BCUT2D eigenvalue weighted by Gasteiger charge is -2.20. The Morgan fingerprint density at radius 3 is 2.41 bits per heavy atom. The Kier molecular flexibility index (Phi) is 3.58. The van der Waals surface area contributed by atoms with Gasteiger partial charge in [-0.3, -0.25) is 0 Å². The van der Waals surface area contributed by atoms with E-state index < -0.39 is 12.5 Å². The third-order valence-corrected chi connectivity index (χ3v) is 2.75. The summed E-state index contributed by atoms with van der Waals surface area (Å²) in [4.78, 5) is 12.1. The van der Waals surface area contributed by atoms with Gasteiger partial charge in [-0.05, 0) is 42.7 Å². The van der Waals surface area contributed by atoms with E-state index in [1.165, 1.54) is 24.3 Å². The molecule has 1 unspecified atom stereocenters. The standard InChI is InChI=1S/C12H14FNO3/c13-12(14-7-1-2-8-14)17-10-5-3-9(4-6-10)11(15)16/h3-6,12H,1-2,7-8H2,(H,15,16)/p-1. The number of carboxylic acid groups (broad SMARTS) is 1. The second-order valence-corrected chi connectivity index (χ2v) is 3.96.